The summed E-state index contributed by atoms with van der Waals surface area (Å²) in [4.78, 5) is 15.7. The van der Waals surface area contributed by atoms with E-state index in [0.29, 0.717) is 11.7 Å². The number of nitrogens with zero attached hydrogens (tertiary/aromatic N) is 2. The molecule has 0 aliphatic heterocycles. The molecule has 0 unspecified atom stereocenters. The Morgan fingerprint density at radius 2 is 2.18 bits per heavy atom. The molecule has 17 heavy (non-hydrogen) atoms. The first kappa shape index (κ1) is 12.1. The number of aromatic nitrogens is 2. The van der Waals surface area contributed by atoms with Crippen LogP contribution < -0.4 is 10.9 Å². The fourth-order valence-corrected chi connectivity index (χ4v) is 2.21. The molecular formula is C12H19N3O2. The van der Waals surface area contributed by atoms with Crippen molar-refractivity contribution in [1.82, 2.24) is 9.55 Å². The van der Waals surface area contributed by atoms with E-state index in [-0.39, 0.29) is 11.7 Å². The van der Waals surface area contributed by atoms with E-state index in [9.17, 15) is 9.90 Å². The normalized spacial score (nSPS) is 24.6. The SMILES string of the molecule is Cn1ccnc(NCC2CCC(O)CC2)c1=O. The smallest absolute Gasteiger partial charge is 0.293 e. The van der Waals surface area contributed by atoms with Crippen LogP contribution >= 0.6 is 0 Å². The zero-order valence-corrected chi connectivity index (χ0v) is 10.1. The highest BCUT2D eigenvalue weighted by atomic mass is 16.3. The maximum Gasteiger partial charge on any atom is 0.293 e. The predicted molar refractivity (Wildman–Crippen MR) is 65.9 cm³/mol. The molecule has 1 aliphatic carbocycles. The molecule has 1 aromatic rings. The molecular weight excluding hydrogens is 218 g/mol. The Kier molecular flexibility index (Phi) is 3.78. The van der Waals surface area contributed by atoms with Gasteiger partial charge < -0.3 is 15.0 Å². The van der Waals surface area contributed by atoms with Gasteiger partial charge in [0.15, 0.2) is 5.82 Å². The lowest BCUT2D eigenvalue weighted by Crippen LogP contribution is -2.27. The van der Waals surface area contributed by atoms with E-state index in [2.05, 4.69) is 10.3 Å². The minimum Gasteiger partial charge on any atom is -0.393 e. The summed E-state index contributed by atoms with van der Waals surface area (Å²) in [5.74, 6) is 0.950. The number of hydrogen-bond acceptors (Lipinski definition) is 4. The van der Waals surface area contributed by atoms with Crippen molar-refractivity contribution < 1.29 is 5.11 Å². The summed E-state index contributed by atoms with van der Waals surface area (Å²) in [6.45, 7) is 0.763. The average molecular weight is 237 g/mol. The third-order valence-corrected chi connectivity index (χ3v) is 3.39. The van der Waals surface area contributed by atoms with Crippen LogP contribution in [0.3, 0.4) is 0 Å². The second-order valence-corrected chi connectivity index (χ2v) is 4.75. The summed E-state index contributed by atoms with van der Waals surface area (Å²) in [5, 5.41) is 12.5. The molecule has 1 saturated carbocycles. The van der Waals surface area contributed by atoms with Crippen molar-refractivity contribution in [2.75, 3.05) is 11.9 Å². The van der Waals surface area contributed by atoms with Gasteiger partial charge in [-0.2, -0.15) is 0 Å². The van der Waals surface area contributed by atoms with Crippen molar-refractivity contribution in [2.24, 2.45) is 13.0 Å². The van der Waals surface area contributed by atoms with Crippen molar-refractivity contribution in [3.63, 3.8) is 0 Å². The molecule has 0 bridgehead atoms. The van der Waals surface area contributed by atoms with Crippen LogP contribution in [0.1, 0.15) is 25.7 Å². The van der Waals surface area contributed by atoms with Crippen LogP contribution in [0, 0.1) is 5.92 Å². The monoisotopic (exact) mass is 237 g/mol. The first-order valence-electron chi connectivity index (χ1n) is 6.10. The third-order valence-electron chi connectivity index (χ3n) is 3.39. The summed E-state index contributed by atoms with van der Waals surface area (Å²) in [6.07, 6.45) is 6.90. The van der Waals surface area contributed by atoms with Crippen LogP contribution in [-0.2, 0) is 7.05 Å². The first-order chi connectivity index (χ1) is 8.16. The summed E-state index contributed by atoms with van der Waals surface area (Å²) < 4.78 is 1.51. The van der Waals surface area contributed by atoms with Gasteiger partial charge in [-0.3, -0.25) is 4.79 Å². The molecule has 1 aromatic heterocycles. The maximum atomic E-state index is 11.7. The van der Waals surface area contributed by atoms with Crippen molar-refractivity contribution in [2.45, 2.75) is 31.8 Å². The molecule has 0 aromatic carbocycles. The fraction of sp³-hybridized carbons (Fsp3) is 0.667. The Labute approximate surface area is 100 Å². The third kappa shape index (κ3) is 3.06. The minimum atomic E-state index is -0.131. The Morgan fingerprint density at radius 3 is 2.88 bits per heavy atom. The number of nitrogens with one attached hydrogen (secondary N) is 1. The zero-order valence-electron chi connectivity index (χ0n) is 10.1. The number of rotatable bonds is 3. The lowest BCUT2D eigenvalue weighted by atomic mass is 9.87. The molecule has 0 radical (unpaired) electrons. The van der Waals surface area contributed by atoms with Gasteiger partial charge in [0, 0.05) is 26.0 Å². The van der Waals surface area contributed by atoms with E-state index in [1.807, 2.05) is 0 Å². The van der Waals surface area contributed by atoms with Gasteiger partial charge in [-0.25, -0.2) is 4.98 Å². The Balaban J connectivity index is 1.90. The number of aliphatic hydroxyl groups excluding tert-OH is 1. The van der Waals surface area contributed by atoms with Crippen LogP contribution in [0.5, 0.6) is 0 Å². The number of anilines is 1. The summed E-state index contributed by atoms with van der Waals surface area (Å²) in [6, 6.07) is 0. The summed E-state index contributed by atoms with van der Waals surface area (Å²) in [5.41, 5.74) is -0.0941. The van der Waals surface area contributed by atoms with Gasteiger partial charge in [-0.15, -0.1) is 0 Å². The van der Waals surface area contributed by atoms with E-state index < -0.39 is 0 Å². The van der Waals surface area contributed by atoms with Gasteiger partial charge in [0.1, 0.15) is 0 Å². The number of aliphatic hydroxyl groups is 1. The molecule has 1 heterocycles. The molecule has 2 N–H and O–H groups in total. The minimum absolute atomic E-state index is 0.0941. The Morgan fingerprint density at radius 1 is 1.47 bits per heavy atom. The van der Waals surface area contributed by atoms with Crippen molar-refractivity contribution >= 4 is 5.82 Å². The van der Waals surface area contributed by atoms with E-state index in [1.165, 1.54) is 4.57 Å². The highest BCUT2D eigenvalue weighted by Gasteiger charge is 2.19. The molecule has 5 heteroatoms. The molecule has 94 valence electrons. The second-order valence-electron chi connectivity index (χ2n) is 4.75. The lowest BCUT2D eigenvalue weighted by molar-refractivity contribution is 0.111. The zero-order chi connectivity index (χ0) is 12.3. The first-order valence-corrected chi connectivity index (χ1v) is 6.10. The highest BCUT2D eigenvalue weighted by Crippen LogP contribution is 2.23. The summed E-state index contributed by atoms with van der Waals surface area (Å²) >= 11 is 0. The lowest BCUT2D eigenvalue weighted by Gasteiger charge is -2.25. The van der Waals surface area contributed by atoms with Gasteiger partial charge in [0.2, 0.25) is 0 Å². The quantitative estimate of drug-likeness (QED) is 0.814. The Hall–Kier alpha value is -1.36. The van der Waals surface area contributed by atoms with Gasteiger partial charge in [0.25, 0.3) is 5.56 Å². The van der Waals surface area contributed by atoms with Crippen molar-refractivity contribution in [3.8, 4) is 0 Å². The molecule has 0 amide bonds. The van der Waals surface area contributed by atoms with Gasteiger partial charge in [-0.05, 0) is 31.6 Å². The van der Waals surface area contributed by atoms with E-state index in [4.69, 9.17) is 0 Å². The van der Waals surface area contributed by atoms with Crippen LogP contribution in [0.25, 0.3) is 0 Å². The molecule has 1 fully saturated rings. The highest BCUT2D eigenvalue weighted by molar-refractivity contribution is 5.30. The molecule has 0 atom stereocenters. The Bertz CT molecular complexity index is 422. The molecule has 1 aliphatic rings. The molecule has 0 saturated heterocycles. The fourth-order valence-electron chi connectivity index (χ4n) is 2.21. The molecule has 0 spiro atoms. The van der Waals surface area contributed by atoms with Crippen LogP contribution in [0.15, 0.2) is 17.2 Å². The number of hydrogen-bond donors (Lipinski definition) is 2. The molecule has 5 nitrogen and oxygen atoms in total. The number of aryl methyl sites for hydroxylation is 1. The average Bonchev–Trinajstić information content (AvgIpc) is 2.33. The van der Waals surface area contributed by atoms with Crippen LogP contribution in [-0.4, -0.2) is 27.3 Å². The standard InChI is InChI=1S/C12H19N3O2/c1-15-7-6-13-11(12(15)17)14-8-9-2-4-10(16)5-3-9/h6-7,9-10,16H,2-5,8H2,1H3,(H,13,14). The summed E-state index contributed by atoms with van der Waals surface area (Å²) in [7, 11) is 1.71. The van der Waals surface area contributed by atoms with Gasteiger partial charge in [0.05, 0.1) is 6.10 Å². The van der Waals surface area contributed by atoms with Crippen molar-refractivity contribution in [3.05, 3.63) is 22.7 Å². The van der Waals surface area contributed by atoms with E-state index >= 15 is 0 Å². The van der Waals surface area contributed by atoms with Crippen molar-refractivity contribution in [1.29, 1.82) is 0 Å². The predicted octanol–water partition coefficient (Wildman–Crippen LogP) is 0.743. The van der Waals surface area contributed by atoms with Gasteiger partial charge >= 0.3 is 0 Å². The second kappa shape index (κ2) is 5.31. The van der Waals surface area contributed by atoms with E-state index in [1.54, 1.807) is 19.4 Å². The maximum absolute atomic E-state index is 11.7. The van der Waals surface area contributed by atoms with Gasteiger partial charge in [-0.1, -0.05) is 0 Å². The van der Waals surface area contributed by atoms with E-state index in [0.717, 1.165) is 32.2 Å². The topological polar surface area (TPSA) is 67.2 Å². The largest absolute Gasteiger partial charge is 0.393 e. The van der Waals surface area contributed by atoms with Crippen LogP contribution in [0.2, 0.25) is 0 Å². The van der Waals surface area contributed by atoms with Crippen LogP contribution in [0.4, 0.5) is 5.82 Å². The molecule has 2 rings (SSSR count).